The minimum Gasteiger partial charge on any atom is -0.365 e. The van der Waals surface area contributed by atoms with Crippen LogP contribution in [0.4, 0.5) is 0 Å². The van der Waals surface area contributed by atoms with Crippen LogP contribution in [0, 0.1) is 0 Å². The number of pyridine rings is 1. The molecule has 20 heavy (non-hydrogen) atoms. The van der Waals surface area contributed by atoms with Crippen LogP contribution >= 0.6 is 0 Å². The van der Waals surface area contributed by atoms with Gasteiger partial charge < -0.3 is 9.72 Å². The van der Waals surface area contributed by atoms with Gasteiger partial charge in [0, 0.05) is 11.6 Å². The summed E-state index contributed by atoms with van der Waals surface area (Å²) in [4.78, 5) is 14.2. The van der Waals surface area contributed by atoms with Crippen molar-refractivity contribution in [1.29, 1.82) is 0 Å². The van der Waals surface area contributed by atoms with E-state index in [4.69, 9.17) is 4.74 Å². The fraction of sp³-hybridized carbons (Fsp3) is 0.235. The van der Waals surface area contributed by atoms with Crippen molar-refractivity contribution in [2.75, 3.05) is 6.61 Å². The van der Waals surface area contributed by atoms with Gasteiger partial charge in [0.25, 0.3) is 0 Å². The molecule has 2 aromatic rings. The standard InChI is InChI=1S/C17H19NO2/c1-4-9-20-16(10-12(2)3)14-6-5-13-7-8-17(19)18-15(13)11-14/h4-8,10-11,16H,1,9H2,2-3H3,(H,18,19). The highest BCUT2D eigenvalue weighted by molar-refractivity contribution is 5.79. The van der Waals surface area contributed by atoms with Gasteiger partial charge in [-0.25, -0.2) is 0 Å². The van der Waals surface area contributed by atoms with Crippen LogP contribution in [0.1, 0.15) is 25.5 Å². The largest absolute Gasteiger partial charge is 0.365 e. The van der Waals surface area contributed by atoms with Crippen molar-refractivity contribution in [2.24, 2.45) is 0 Å². The summed E-state index contributed by atoms with van der Waals surface area (Å²) in [6.07, 6.45) is 3.66. The first-order valence-corrected chi connectivity index (χ1v) is 6.60. The number of aromatic nitrogens is 1. The zero-order valence-corrected chi connectivity index (χ0v) is 11.8. The first-order chi connectivity index (χ1) is 9.60. The summed E-state index contributed by atoms with van der Waals surface area (Å²) in [7, 11) is 0. The van der Waals surface area contributed by atoms with E-state index < -0.39 is 0 Å². The molecule has 0 fully saturated rings. The smallest absolute Gasteiger partial charge is 0.248 e. The van der Waals surface area contributed by atoms with Crippen molar-refractivity contribution < 1.29 is 4.74 Å². The number of allylic oxidation sites excluding steroid dienone is 1. The average molecular weight is 269 g/mol. The second kappa shape index (κ2) is 6.35. The molecule has 0 aliphatic heterocycles. The molecule has 1 aromatic heterocycles. The number of H-pyrrole nitrogens is 1. The molecule has 1 unspecified atom stereocenters. The van der Waals surface area contributed by atoms with E-state index >= 15 is 0 Å². The van der Waals surface area contributed by atoms with Crippen molar-refractivity contribution in [3.8, 4) is 0 Å². The maximum atomic E-state index is 11.4. The van der Waals surface area contributed by atoms with Crippen LogP contribution in [0.2, 0.25) is 0 Å². The van der Waals surface area contributed by atoms with Gasteiger partial charge in [-0.05, 0) is 36.9 Å². The number of fused-ring (bicyclic) bond motifs is 1. The maximum Gasteiger partial charge on any atom is 0.248 e. The molecule has 0 aliphatic carbocycles. The third-order valence-electron chi connectivity index (χ3n) is 2.96. The Labute approximate surface area is 118 Å². The van der Waals surface area contributed by atoms with E-state index in [9.17, 15) is 4.79 Å². The van der Waals surface area contributed by atoms with Crippen molar-refractivity contribution in [3.63, 3.8) is 0 Å². The first kappa shape index (κ1) is 14.3. The molecule has 0 aliphatic rings. The Kier molecular flexibility index (Phi) is 4.53. The lowest BCUT2D eigenvalue weighted by atomic mass is 10.0. The van der Waals surface area contributed by atoms with Crippen molar-refractivity contribution in [1.82, 2.24) is 4.98 Å². The molecule has 104 valence electrons. The summed E-state index contributed by atoms with van der Waals surface area (Å²) in [5, 5.41) is 1.01. The van der Waals surface area contributed by atoms with Gasteiger partial charge in [0.05, 0.1) is 6.61 Å². The normalized spacial score (nSPS) is 12.1. The van der Waals surface area contributed by atoms with Crippen LogP contribution in [-0.4, -0.2) is 11.6 Å². The van der Waals surface area contributed by atoms with Gasteiger partial charge in [-0.3, -0.25) is 4.79 Å². The maximum absolute atomic E-state index is 11.4. The third kappa shape index (κ3) is 3.45. The molecule has 0 saturated carbocycles. The lowest BCUT2D eigenvalue weighted by Gasteiger charge is -2.15. The molecule has 1 heterocycles. The number of ether oxygens (including phenoxy) is 1. The Morgan fingerprint density at radius 3 is 2.80 bits per heavy atom. The van der Waals surface area contributed by atoms with E-state index in [1.807, 2.05) is 38.1 Å². The molecule has 0 amide bonds. The number of aromatic amines is 1. The second-order valence-corrected chi connectivity index (χ2v) is 4.96. The molecule has 0 spiro atoms. The fourth-order valence-electron chi connectivity index (χ4n) is 2.06. The Morgan fingerprint density at radius 1 is 1.35 bits per heavy atom. The monoisotopic (exact) mass is 269 g/mol. The van der Waals surface area contributed by atoms with E-state index in [-0.39, 0.29) is 11.7 Å². The molecule has 1 aromatic carbocycles. The Morgan fingerprint density at radius 2 is 2.10 bits per heavy atom. The van der Waals surface area contributed by atoms with E-state index in [0.717, 1.165) is 16.5 Å². The molecule has 2 rings (SSSR count). The summed E-state index contributed by atoms with van der Waals surface area (Å²) in [5.41, 5.74) is 2.92. The minimum atomic E-state index is -0.133. The first-order valence-electron chi connectivity index (χ1n) is 6.60. The van der Waals surface area contributed by atoms with Crippen molar-refractivity contribution in [3.05, 3.63) is 70.6 Å². The highest BCUT2D eigenvalue weighted by Gasteiger charge is 2.09. The Hall–Kier alpha value is -2.13. The number of rotatable bonds is 5. The molecule has 0 saturated heterocycles. The highest BCUT2D eigenvalue weighted by atomic mass is 16.5. The van der Waals surface area contributed by atoms with Crippen LogP contribution in [-0.2, 0) is 4.74 Å². The average Bonchev–Trinajstić information content (AvgIpc) is 2.42. The number of nitrogens with one attached hydrogen (secondary N) is 1. The number of hydrogen-bond donors (Lipinski definition) is 1. The predicted molar refractivity (Wildman–Crippen MR) is 82.9 cm³/mol. The summed E-state index contributed by atoms with van der Waals surface area (Å²) >= 11 is 0. The molecule has 0 bridgehead atoms. The summed E-state index contributed by atoms with van der Waals surface area (Å²) in [5.74, 6) is 0. The molecule has 1 N–H and O–H groups in total. The SMILES string of the molecule is C=CCOC(C=C(C)C)c1ccc2ccc(=O)[nH]c2c1. The second-order valence-electron chi connectivity index (χ2n) is 4.96. The summed E-state index contributed by atoms with van der Waals surface area (Å²) in [6, 6.07) is 9.32. The van der Waals surface area contributed by atoms with Crippen LogP contribution in [0.25, 0.3) is 10.9 Å². The van der Waals surface area contributed by atoms with Gasteiger partial charge in [0.2, 0.25) is 5.56 Å². The van der Waals surface area contributed by atoms with Crippen molar-refractivity contribution in [2.45, 2.75) is 20.0 Å². The Bertz CT molecular complexity index is 693. The van der Waals surface area contributed by atoms with Gasteiger partial charge in [-0.1, -0.05) is 29.9 Å². The van der Waals surface area contributed by atoms with E-state index in [1.54, 1.807) is 6.08 Å². The van der Waals surface area contributed by atoms with E-state index in [0.29, 0.717) is 6.61 Å². The van der Waals surface area contributed by atoms with Crippen LogP contribution in [0.15, 0.2) is 59.4 Å². The molecule has 1 atom stereocenters. The molecule has 3 heteroatoms. The van der Waals surface area contributed by atoms with Crippen molar-refractivity contribution >= 4 is 10.9 Å². The minimum absolute atomic E-state index is 0.0968. The highest BCUT2D eigenvalue weighted by Crippen LogP contribution is 2.23. The van der Waals surface area contributed by atoms with E-state index in [2.05, 4.69) is 17.6 Å². The summed E-state index contributed by atoms with van der Waals surface area (Å²) in [6.45, 7) is 8.23. The predicted octanol–water partition coefficient (Wildman–Crippen LogP) is 3.74. The Balaban J connectivity index is 2.44. The van der Waals surface area contributed by atoms with Crippen LogP contribution in [0.3, 0.4) is 0 Å². The molecular formula is C17H19NO2. The lowest BCUT2D eigenvalue weighted by molar-refractivity contribution is 0.110. The van der Waals surface area contributed by atoms with Crippen LogP contribution < -0.4 is 5.56 Å². The lowest BCUT2D eigenvalue weighted by Crippen LogP contribution is -2.05. The van der Waals surface area contributed by atoms with Gasteiger partial charge in [0.1, 0.15) is 6.10 Å². The quantitative estimate of drug-likeness (QED) is 0.840. The van der Waals surface area contributed by atoms with E-state index in [1.165, 1.54) is 11.6 Å². The summed E-state index contributed by atoms with van der Waals surface area (Å²) < 4.78 is 5.78. The molecular weight excluding hydrogens is 250 g/mol. The van der Waals surface area contributed by atoms with Gasteiger partial charge in [0.15, 0.2) is 0 Å². The zero-order valence-electron chi connectivity index (χ0n) is 11.8. The molecule has 3 nitrogen and oxygen atoms in total. The van der Waals surface area contributed by atoms with Gasteiger partial charge in [-0.2, -0.15) is 0 Å². The number of benzene rings is 1. The third-order valence-corrected chi connectivity index (χ3v) is 2.96. The fourth-order valence-corrected chi connectivity index (χ4v) is 2.06. The van der Waals surface area contributed by atoms with Gasteiger partial charge >= 0.3 is 0 Å². The molecule has 0 radical (unpaired) electrons. The number of hydrogen-bond acceptors (Lipinski definition) is 2. The van der Waals surface area contributed by atoms with Gasteiger partial charge in [-0.15, -0.1) is 6.58 Å². The topological polar surface area (TPSA) is 42.1 Å². The van der Waals surface area contributed by atoms with Crippen LogP contribution in [0.5, 0.6) is 0 Å². The zero-order chi connectivity index (χ0) is 14.5.